The van der Waals surface area contributed by atoms with Crippen LogP contribution in [0.4, 0.5) is 0 Å². The van der Waals surface area contributed by atoms with E-state index in [0.29, 0.717) is 6.54 Å². The summed E-state index contributed by atoms with van der Waals surface area (Å²) in [6.45, 7) is 2.73. The van der Waals surface area contributed by atoms with E-state index in [1.165, 1.54) is 5.56 Å². The molecule has 3 heteroatoms. The van der Waals surface area contributed by atoms with E-state index in [2.05, 4.69) is 36.3 Å². The zero-order valence-electron chi connectivity index (χ0n) is 9.44. The fourth-order valence-corrected chi connectivity index (χ4v) is 1.62. The van der Waals surface area contributed by atoms with Crippen molar-refractivity contribution in [2.24, 2.45) is 5.73 Å². The standard InChI is InChI=1S/C13H16N2O/c1-2-10-3-5-11(6-4-10)13-9-12(7-8-14)16-15-13/h3-6,9H,2,7-8,14H2,1H3. The molecule has 0 aliphatic rings. The normalized spacial score (nSPS) is 10.6. The molecule has 0 radical (unpaired) electrons. The highest BCUT2D eigenvalue weighted by molar-refractivity contribution is 5.59. The second kappa shape index (κ2) is 4.94. The molecule has 0 unspecified atom stereocenters. The summed E-state index contributed by atoms with van der Waals surface area (Å²) >= 11 is 0. The summed E-state index contributed by atoms with van der Waals surface area (Å²) in [4.78, 5) is 0. The molecule has 84 valence electrons. The molecule has 0 spiro atoms. The summed E-state index contributed by atoms with van der Waals surface area (Å²) in [6.07, 6.45) is 1.79. The lowest BCUT2D eigenvalue weighted by atomic mass is 10.1. The Balaban J connectivity index is 2.21. The van der Waals surface area contributed by atoms with E-state index in [1.807, 2.05) is 6.07 Å². The topological polar surface area (TPSA) is 52.0 Å². The smallest absolute Gasteiger partial charge is 0.138 e. The third-order valence-electron chi connectivity index (χ3n) is 2.61. The Morgan fingerprint density at radius 1 is 1.25 bits per heavy atom. The molecule has 3 nitrogen and oxygen atoms in total. The molecule has 2 N–H and O–H groups in total. The van der Waals surface area contributed by atoms with Crippen LogP contribution >= 0.6 is 0 Å². The van der Waals surface area contributed by atoms with Crippen molar-refractivity contribution in [2.45, 2.75) is 19.8 Å². The quantitative estimate of drug-likeness (QED) is 0.853. The SMILES string of the molecule is CCc1ccc(-c2cc(CCN)on2)cc1. The predicted octanol–water partition coefficient (Wildman–Crippen LogP) is 2.41. The molecular formula is C13H16N2O. The molecule has 0 atom stereocenters. The van der Waals surface area contributed by atoms with Crippen LogP contribution in [-0.2, 0) is 12.8 Å². The van der Waals surface area contributed by atoms with Crippen molar-refractivity contribution in [1.29, 1.82) is 0 Å². The van der Waals surface area contributed by atoms with Gasteiger partial charge in [0.15, 0.2) is 0 Å². The van der Waals surface area contributed by atoms with Gasteiger partial charge in [-0.15, -0.1) is 0 Å². The predicted molar refractivity (Wildman–Crippen MR) is 64.1 cm³/mol. The van der Waals surface area contributed by atoms with E-state index in [0.717, 1.165) is 29.9 Å². The molecule has 0 bridgehead atoms. The maximum atomic E-state index is 5.46. The zero-order valence-corrected chi connectivity index (χ0v) is 9.44. The van der Waals surface area contributed by atoms with Gasteiger partial charge >= 0.3 is 0 Å². The molecular weight excluding hydrogens is 200 g/mol. The Hall–Kier alpha value is -1.61. The lowest BCUT2D eigenvalue weighted by Gasteiger charge is -1.97. The van der Waals surface area contributed by atoms with Crippen LogP contribution in [0.1, 0.15) is 18.2 Å². The zero-order chi connectivity index (χ0) is 11.4. The maximum Gasteiger partial charge on any atom is 0.138 e. The first-order valence-electron chi connectivity index (χ1n) is 5.58. The first kappa shape index (κ1) is 10.9. The van der Waals surface area contributed by atoms with Gasteiger partial charge < -0.3 is 10.3 Å². The summed E-state index contributed by atoms with van der Waals surface area (Å²) in [6, 6.07) is 10.3. The van der Waals surface area contributed by atoms with Crippen LogP contribution in [0, 0.1) is 0 Å². The minimum atomic E-state index is 0.587. The van der Waals surface area contributed by atoms with Gasteiger partial charge in [-0.3, -0.25) is 0 Å². The van der Waals surface area contributed by atoms with Crippen molar-refractivity contribution in [3.8, 4) is 11.3 Å². The van der Waals surface area contributed by atoms with Gasteiger partial charge in [-0.1, -0.05) is 36.3 Å². The number of aromatic nitrogens is 1. The van der Waals surface area contributed by atoms with Gasteiger partial charge in [-0.2, -0.15) is 0 Å². The van der Waals surface area contributed by atoms with Gasteiger partial charge in [0.25, 0.3) is 0 Å². The summed E-state index contributed by atoms with van der Waals surface area (Å²) < 4.78 is 5.19. The Morgan fingerprint density at radius 3 is 2.62 bits per heavy atom. The molecule has 0 saturated heterocycles. The van der Waals surface area contributed by atoms with E-state index in [9.17, 15) is 0 Å². The van der Waals surface area contributed by atoms with Crippen molar-refractivity contribution in [3.63, 3.8) is 0 Å². The Kier molecular flexibility index (Phi) is 3.37. The molecule has 0 amide bonds. The van der Waals surface area contributed by atoms with Crippen LogP contribution in [0.3, 0.4) is 0 Å². The van der Waals surface area contributed by atoms with Gasteiger partial charge in [0.05, 0.1) is 0 Å². The molecule has 16 heavy (non-hydrogen) atoms. The first-order chi connectivity index (χ1) is 7.83. The number of nitrogens with two attached hydrogens (primary N) is 1. The molecule has 0 aliphatic carbocycles. The summed E-state index contributed by atoms with van der Waals surface area (Å²) in [7, 11) is 0. The van der Waals surface area contributed by atoms with Crippen molar-refractivity contribution >= 4 is 0 Å². The number of nitrogens with zero attached hydrogens (tertiary/aromatic N) is 1. The average molecular weight is 216 g/mol. The fraction of sp³-hybridized carbons (Fsp3) is 0.308. The van der Waals surface area contributed by atoms with Crippen LogP contribution in [0.15, 0.2) is 34.9 Å². The van der Waals surface area contributed by atoms with Gasteiger partial charge in [0, 0.05) is 18.1 Å². The van der Waals surface area contributed by atoms with Gasteiger partial charge in [-0.05, 0) is 18.5 Å². The Morgan fingerprint density at radius 2 is 2.00 bits per heavy atom. The van der Waals surface area contributed by atoms with Crippen LogP contribution in [0.2, 0.25) is 0 Å². The molecule has 1 aromatic heterocycles. The Bertz CT molecular complexity index is 445. The highest BCUT2D eigenvalue weighted by Crippen LogP contribution is 2.19. The molecule has 0 saturated carbocycles. The summed E-state index contributed by atoms with van der Waals surface area (Å²) in [5, 5.41) is 4.03. The third-order valence-corrected chi connectivity index (χ3v) is 2.61. The molecule has 2 aromatic rings. The van der Waals surface area contributed by atoms with Gasteiger partial charge in [0.1, 0.15) is 11.5 Å². The van der Waals surface area contributed by atoms with Gasteiger partial charge in [0.2, 0.25) is 0 Å². The fourth-order valence-electron chi connectivity index (χ4n) is 1.62. The van der Waals surface area contributed by atoms with Crippen molar-refractivity contribution in [1.82, 2.24) is 5.16 Å². The lowest BCUT2D eigenvalue weighted by Crippen LogP contribution is -2.01. The molecule has 0 fully saturated rings. The first-order valence-corrected chi connectivity index (χ1v) is 5.58. The van der Waals surface area contributed by atoms with E-state index in [1.54, 1.807) is 0 Å². The minimum absolute atomic E-state index is 0.587. The second-order valence-electron chi connectivity index (χ2n) is 3.77. The monoisotopic (exact) mass is 216 g/mol. The number of rotatable bonds is 4. The molecule has 0 aliphatic heterocycles. The van der Waals surface area contributed by atoms with Crippen molar-refractivity contribution < 1.29 is 4.52 Å². The summed E-state index contributed by atoms with van der Waals surface area (Å²) in [5.41, 5.74) is 8.75. The number of hydrogen-bond donors (Lipinski definition) is 1. The third kappa shape index (κ3) is 2.31. The lowest BCUT2D eigenvalue weighted by molar-refractivity contribution is 0.386. The van der Waals surface area contributed by atoms with E-state index in [4.69, 9.17) is 10.3 Å². The van der Waals surface area contributed by atoms with E-state index >= 15 is 0 Å². The number of benzene rings is 1. The second-order valence-corrected chi connectivity index (χ2v) is 3.77. The van der Waals surface area contributed by atoms with E-state index in [-0.39, 0.29) is 0 Å². The maximum absolute atomic E-state index is 5.46. The average Bonchev–Trinajstić information content (AvgIpc) is 2.78. The van der Waals surface area contributed by atoms with Crippen molar-refractivity contribution in [3.05, 3.63) is 41.7 Å². The largest absolute Gasteiger partial charge is 0.361 e. The van der Waals surface area contributed by atoms with Crippen LogP contribution < -0.4 is 5.73 Å². The van der Waals surface area contributed by atoms with Crippen LogP contribution in [-0.4, -0.2) is 11.7 Å². The highest BCUT2D eigenvalue weighted by atomic mass is 16.5. The van der Waals surface area contributed by atoms with Crippen molar-refractivity contribution in [2.75, 3.05) is 6.54 Å². The molecule has 2 rings (SSSR count). The van der Waals surface area contributed by atoms with Crippen LogP contribution in [0.5, 0.6) is 0 Å². The summed E-state index contributed by atoms with van der Waals surface area (Å²) in [5.74, 6) is 0.845. The van der Waals surface area contributed by atoms with Gasteiger partial charge in [-0.25, -0.2) is 0 Å². The number of hydrogen-bond acceptors (Lipinski definition) is 3. The Labute approximate surface area is 95.3 Å². The minimum Gasteiger partial charge on any atom is -0.361 e. The number of aryl methyl sites for hydroxylation is 1. The molecule has 1 heterocycles. The molecule has 1 aromatic carbocycles. The highest BCUT2D eigenvalue weighted by Gasteiger charge is 2.05. The van der Waals surface area contributed by atoms with E-state index < -0.39 is 0 Å². The van der Waals surface area contributed by atoms with Crippen LogP contribution in [0.25, 0.3) is 11.3 Å².